The zero-order chi connectivity index (χ0) is 20.3. The third-order valence-electron chi connectivity index (χ3n) is 4.50. The third-order valence-corrected chi connectivity index (χ3v) is 4.50. The van der Waals surface area contributed by atoms with Gasteiger partial charge in [0.2, 0.25) is 0 Å². The van der Waals surface area contributed by atoms with Gasteiger partial charge in [-0.3, -0.25) is 19.6 Å². The molecule has 4 amide bonds. The highest BCUT2D eigenvalue weighted by Gasteiger charge is 2.45. The van der Waals surface area contributed by atoms with Crippen LogP contribution >= 0.6 is 0 Å². The van der Waals surface area contributed by atoms with Gasteiger partial charge in [0.15, 0.2) is 5.78 Å². The van der Waals surface area contributed by atoms with Crippen molar-refractivity contribution >= 4 is 23.6 Å². The minimum atomic E-state index is -1.16. The van der Waals surface area contributed by atoms with Gasteiger partial charge in [0, 0.05) is 0 Å². The Morgan fingerprint density at radius 3 is 2.56 bits per heavy atom. The van der Waals surface area contributed by atoms with Crippen LogP contribution in [0.15, 0.2) is 18.2 Å². The lowest BCUT2D eigenvalue weighted by molar-refractivity contribution is -0.142. The van der Waals surface area contributed by atoms with Crippen LogP contribution in [0.1, 0.15) is 43.1 Å². The molecule has 0 bridgehead atoms. The van der Waals surface area contributed by atoms with Gasteiger partial charge in [-0.25, -0.2) is 19.6 Å². The predicted octanol–water partition coefficient (Wildman–Crippen LogP) is 1.41. The molecule has 2 rings (SSSR count). The number of nitrogens with zero attached hydrogens (tertiary/aromatic N) is 1. The van der Waals surface area contributed by atoms with Crippen LogP contribution in [-0.4, -0.2) is 45.8 Å². The van der Waals surface area contributed by atoms with Crippen molar-refractivity contribution in [3.8, 4) is 0 Å². The van der Waals surface area contributed by atoms with Gasteiger partial charge in [-0.2, -0.15) is 0 Å². The average molecular weight is 379 g/mol. The van der Waals surface area contributed by atoms with E-state index < -0.39 is 47.4 Å². The summed E-state index contributed by atoms with van der Waals surface area (Å²) in [6, 6.07) is 1.61. The molecule has 8 nitrogen and oxygen atoms in total. The molecular weight excluding hydrogens is 357 g/mol. The molecule has 0 aliphatic carbocycles. The normalized spacial score (nSPS) is 17.9. The molecule has 2 unspecified atom stereocenters. The summed E-state index contributed by atoms with van der Waals surface area (Å²) in [7, 11) is 0. The van der Waals surface area contributed by atoms with E-state index in [0.717, 1.165) is 4.90 Å². The third kappa shape index (κ3) is 4.13. The lowest BCUT2D eigenvalue weighted by Gasteiger charge is -2.26. The van der Waals surface area contributed by atoms with Crippen LogP contribution in [0.25, 0.3) is 0 Å². The zero-order valence-electron chi connectivity index (χ0n) is 15.3. The molecule has 3 N–H and O–H groups in total. The number of benzene rings is 1. The number of hydroxylamine groups is 1. The summed E-state index contributed by atoms with van der Waals surface area (Å²) in [4.78, 5) is 48.9. The molecule has 2 atom stereocenters. The molecule has 27 heavy (non-hydrogen) atoms. The Balaban J connectivity index is 2.15. The summed E-state index contributed by atoms with van der Waals surface area (Å²) in [5, 5.41) is 11.3. The molecule has 0 spiro atoms. The molecular formula is C18H22FN3O5. The molecule has 1 aromatic rings. The molecule has 1 aromatic carbocycles. The maximum atomic E-state index is 14.3. The lowest BCUT2D eigenvalue weighted by atomic mass is 9.99. The van der Waals surface area contributed by atoms with Crippen molar-refractivity contribution in [1.29, 1.82) is 0 Å². The van der Waals surface area contributed by atoms with Crippen molar-refractivity contribution in [2.45, 2.75) is 45.7 Å². The number of carbonyl (C=O) groups is 4. The minimum absolute atomic E-state index is 0.0320. The molecule has 1 heterocycles. The average Bonchev–Trinajstić information content (AvgIpc) is 2.88. The first-order valence-electron chi connectivity index (χ1n) is 8.54. The molecule has 1 aliphatic heterocycles. The van der Waals surface area contributed by atoms with E-state index in [9.17, 15) is 23.6 Å². The maximum absolute atomic E-state index is 14.3. The Hall–Kier alpha value is -2.81. The van der Waals surface area contributed by atoms with Gasteiger partial charge in [-0.15, -0.1) is 0 Å². The number of hydrogen-bond acceptors (Lipinski definition) is 5. The van der Waals surface area contributed by atoms with Gasteiger partial charge in [0.1, 0.15) is 17.9 Å². The van der Waals surface area contributed by atoms with E-state index in [4.69, 9.17) is 5.21 Å². The van der Waals surface area contributed by atoms with Crippen LogP contribution < -0.4 is 10.8 Å². The number of carbonyl (C=O) groups excluding carboxylic acids is 4. The van der Waals surface area contributed by atoms with Crippen LogP contribution in [0, 0.1) is 11.7 Å². The number of hydrogen-bond donors (Lipinski definition) is 3. The topological polar surface area (TPSA) is 116 Å². The molecule has 1 aliphatic rings. The van der Waals surface area contributed by atoms with Gasteiger partial charge in [0.05, 0.1) is 5.56 Å². The predicted molar refractivity (Wildman–Crippen MR) is 92.4 cm³/mol. The second-order valence-corrected chi connectivity index (χ2v) is 6.75. The second-order valence-electron chi connectivity index (χ2n) is 6.75. The molecule has 146 valence electrons. The standard InChI is InChI=1S/C18H22FN3O5/c1-9(2)15(16(24)21-27)22-17(25)13(20-18(22)26)8-7-11-5-4-6-12(10(3)23)14(11)19/h4-6,9,13,15,27H,7-8H2,1-3H3,(H,20,26)(H,21,24). The van der Waals surface area contributed by atoms with Crippen LogP contribution in [0.3, 0.4) is 0 Å². The SMILES string of the molecule is CC(=O)c1cccc(CCC2NC(=O)N(C(C(=O)NO)C(C)C)C2=O)c1F. The van der Waals surface area contributed by atoms with E-state index in [1.165, 1.54) is 24.5 Å². The van der Waals surface area contributed by atoms with Gasteiger partial charge >= 0.3 is 6.03 Å². The summed E-state index contributed by atoms with van der Waals surface area (Å²) in [5.41, 5.74) is 1.70. The molecule has 0 saturated carbocycles. The fourth-order valence-electron chi connectivity index (χ4n) is 3.14. The number of aryl methyl sites for hydroxylation is 1. The Morgan fingerprint density at radius 1 is 1.33 bits per heavy atom. The summed E-state index contributed by atoms with van der Waals surface area (Å²) in [6.07, 6.45) is 0.223. The lowest BCUT2D eigenvalue weighted by Crippen LogP contribution is -2.52. The summed E-state index contributed by atoms with van der Waals surface area (Å²) in [6.45, 7) is 4.53. The largest absolute Gasteiger partial charge is 0.326 e. The quantitative estimate of drug-likeness (QED) is 0.287. The van der Waals surface area contributed by atoms with E-state index in [-0.39, 0.29) is 24.0 Å². The highest BCUT2D eigenvalue weighted by molar-refractivity contribution is 6.07. The number of imide groups is 1. The number of amides is 4. The van der Waals surface area contributed by atoms with E-state index in [1.807, 2.05) is 0 Å². The van der Waals surface area contributed by atoms with E-state index in [1.54, 1.807) is 19.9 Å². The van der Waals surface area contributed by atoms with Crippen LogP contribution in [0.5, 0.6) is 0 Å². The zero-order valence-corrected chi connectivity index (χ0v) is 15.3. The van der Waals surface area contributed by atoms with Crippen molar-refractivity contribution in [3.63, 3.8) is 0 Å². The minimum Gasteiger partial charge on any atom is -0.326 e. The van der Waals surface area contributed by atoms with Crippen molar-refractivity contribution < 1.29 is 28.8 Å². The highest BCUT2D eigenvalue weighted by Crippen LogP contribution is 2.21. The fraction of sp³-hybridized carbons (Fsp3) is 0.444. The molecule has 9 heteroatoms. The second kappa shape index (κ2) is 8.26. The molecule has 0 radical (unpaired) electrons. The van der Waals surface area contributed by atoms with E-state index in [0.29, 0.717) is 0 Å². The molecule has 0 aromatic heterocycles. The first-order valence-corrected chi connectivity index (χ1v) is 8.54. The van der Waals surface area contributed by atoms with Crippen molar-refractivity contribution in [3.05, 3.63) is 35.1 Å². The number of urea groups is 1. The highest BCUT2D eigenvalue weighted by atomic mass is 19.1. The number of rotatable bonds is 7. The monoisotopic (exact) mass is 379 g/mol. The van der Waals surface area contributed by atoms with Gasteiger partial charge in [-0.1, -0.05) is 26.0 Å². The van der Waals surface area contributed by atoms with Gasteiger partial charge < -0.3 is 5.32 Å². The Bertz CT molecular complexity index is 780. The Kier molecular flexibility index (Phi) is 6.27. The Labute approximate surface area is 155 Å². The number of Topliss-reactive ketones (excluding diaryl/α,β-unsaturated/α-hetero) is 1. The molecule has 1 saturated heterocycles. The maximum Gasteiger partial charge on any atom is 0.325 e. The van der Waals surface area contributed by atoms with Gasteiger partial charge in [-0.05, 0) is 37.3 Å². The first-order chi connectivity index (χ1) is 12.7. The first kappa shape index (κ1) is 20.5. The van der Waals surface area contributed by atoms with E-state index >= 15 is 0 Å². The number of ketones is 1. The number of halogens is 1. The van der Waals surface area contributed by atoms with Crippen molar-refractivity contribution in [2.24, 2.45) is 5.92 Å². The Morgan fingerprint density at radius 2 is 2.00 bits per heavy atom. The summed E-state index contributed by atoms with van der Waals surface area (Å²) < 4.78 is 14.3. The smallest absolute Gasteiger partial charge is 0.325 e. The summed E-state index contributed by atoms with van der Waals surface area (Å²) in [5.74, 6) is -2.95. The van der Waals surface area contributed by atoms with Crippen molar-refractivity contribution in [2.75, 3.05) is 0 Å². The van der Waals surface area contributed by atoms with Crippen LogP contribution in [0.4, 0.5) is 9.18 Å². The summed E-state index contributed by atoms with van der Waals surface area (Å²) >= 11 is 0. The number of nitrogens with one attached hydrogen (secondary N) is 2. The van der Waals surface area contributed by atoms with E-state index in [2.05, 4.69) is 5.32 Å². The van der Waals surface area contributed by atoms with Crippen molar-refractivity contribution in [1.82, 2.24) is 15.7 Å². The fourth-order valence-corrected chi connectivity index (χ4v) is 3.14. The molecule has 1 fully saturated rings. The van der Waals surface area contributed by atoms with Crippen LogP contribution in [0.2, 0.25) is 0 Å². The van der Waals surface area contributed by atoms with Gasteiger partial charge in [0.25, 0.3) is 11.8 Å². The van der Waals surface area contributed by atoms with Crippen LogP contribution in [-0.2, 0) is 16.0 Å².